The van der Waals surface area contributed by atoms with Gasteiger partial charge in [-0.3, -0.25) is 9.59 Å². The van der Waals surface area contributed by atoms with Crippen LogP contribution in [0.5, 0.6) is 0 Å². The number of aliphatic carboxylic acids is 2. The van der Waals surface area contributed by atoms with Gasteiger partial charge in [-0.1, -0.05) is 0 Å². The standard InChI is InChI=1S/C10H12O8/c1-17-9(15)5-3(7(11)12)6(10(16)18-2)4(5)8(13)14/h3-6H,1-2H3,(H,11,12)(H,13,14)/p-2. The molecule has 0 saturated heterocycles. The molecule has 8 nitrogen and oxygen atoms in total. The van der Waals surface area contributed by atoms with E-state index < -0.39 is 47.5 Å². The van der Waals surface area contributed by atoms with E-state index in [2.05, 4.69) is 9.47 Å². The first kappa shape index (κ1) is 13.9. The van der Waals surface area contributed by atoms with Crippen molar-refractivity contribution in [1.29, 1.82) is 0 Å². The van der Waals surface area contributed by atoms with Gasteiger partial charge >= 0.3 is 11.9 Å². The van der Waals surface area contributed by atoms with Crippen LogP contribution in [0.4, 0.5) is 0 Å². The minimum atomic E-state index is -1.71. The molecule has 0 bridgehead atoms. The second kappa shape index (κ2) is 5.03. The molecule has 1 aliphatic rings. The Morgan fingerprint density at radius 1 is 0.722 bits per heavy atom. The Hall–Kier alpha value is -2.12. The second-order valence-electron chi connectivity index (χ2n) is 3.79. The number of esters is 2. The van der Waals surface area contributed by atoms with Crippen LogP contribution in [-0.2, 0) is 28.7 Å². The van der Waals surface area contributed by atoms with E-state index in [0.29, 0.717) is 0 Å². The van der Waals surface area contributed by atoms with Gasteiger partial charge in [0.25, 0.3) is 0 Å². The van der Waals surface area contributed by atoms with Crippen LogP contribution in [0.1, 0.15) is 0 Å². The first-order valence-electron chi connectivity index (χ1n) is 4.94. The number of methoxy groups -OCH3 is 2. The number of carbonyl (C=O) groups is 4. The quantitative estimate of drug-likeness (QED) is 0.470. The zero-order chi connectivity index (χ0) is 14.0. The lowest BCUT2D eigenvalue weighted by Gasteiger charge is -2.49. The predicted molar refractivity (Wildman–Crippen MR) is 48.0 cm³/mol. The third-order valence-electron chi connectivity index (χ3n) is 3.04. The summed E-state index contributed by atoms with van der Waals surface area (Å²) in [5.41, 5.74) is 0. The van der Waals surface area contributed by atoms with Gasteiger partial charge in [-0.25, -0.2) is 0 Å². The number of carbonyl (C=O) groups excluding carboxylic acids is 4. The molecule has 0 unspecified atom stereocenters. The van der Waals surface area contributed by atoms with Crippen molar-refractivity contribution in [2.45, 2.75) is 0 Å². The maximum Gasteiger partial charge on any atom is 0.310 e. The van der Waals surface area contributed by atoms with Crippen molar-refractivity contribution in [3.8, 4) is 0 Å². The largest absolute Gasteiger partial charge is 0.550 e. The van der Waals surface area contributed by atoms with Gasteiger partial charge in [-0.05, 0) is 0 Å². The van der Waals surface area contributed by atoms with E-state index >= 15 is 0 Å². The molecule has 0 aromatic rings. The molecule has 0 amide bonds. The van der Waals surface area contributed by atoms with E-state index in [-0.39, 0.29) is 0 Å². The minimum absolute atomic E-state index is 0.979. The molecule has 1 aliphatic carbocycles. The van der Waals surface area contributed by atoms with Crippen molar-refractivity contribution in [1.82, 2.24) is 0 Å². The van der Waals surface area contributed by atoms with Gasteiger partial charge in [0.15, 0.2) is 0 Å². The Balaban J connectivity index is 3.10. The average molecular weight is 258 g/mol. The zero-order valence-corrected chi connectivity index (χ0v) is 9.58. The van der Waals surface area contributed by atoms with Gasteiger partial charge in [-0.15, -0.1) is 0 Å². The highest BCUT2D eigenvalue weighted by Crippen LogP contribution is 2.47. The Morgan fingerprint density at radius 3 is 1.17 bits per heavy atom. The summed E-state index contributed by atoms with van der Waals surface area (Å²) >= 11 is 0. The van der Waals surface area contributed by atoms with Crippen molar-refractivity contribution in [3.63, 3.8) is 0 Å². The summed E-state index contributed by atoms with van der Waals surface area (Å²) in [4.78, 5) is 44.4. The fraction of sp³-hybridized carbons (Fsp3) is 0.600. The number of hydrogen-bond donors (Lipinski definition) is 0. The minimum Gasteiger partial charge on any atom is -0.550 e. The molecule has 1 saturated carbocycles. The summed E-state index contributed by atoms with van der Waals surface area (Å²) < 4.78 is 8.61. The van der Waals surface area contributed by atoms with Gasteiger partial charge < -0.3 is 29.3 Å². The van der Waals surface area contributed by atoms with Crippen molar-refractivity contribution in [2.75, 3.05) is 14.2 Å². The highest BCUT2D eigenvalue weighted by molar-refractivity contribution is 5.95. The summed E-state index contributed by atoms with van der Waals surface area (Å²) in [6, 6.07) is 0. The molecule has 0 radical (unpaired) electrons. The molecule has 18 heavy (non-hydrogen) atoms. The number of carboxylic acid groups (broad SMARTS) is 2. The normalized spacial score (nSPS) is 29.9. The lowest BCUT2D eigenvalue weighted by Crippen LogP contribution is -2.65. The van der Waals surface area contributed by atoms with Gasteiger partial charge in [0.2, 0.25) is 0 Å². The lowest BCUT2D eigenvalue weighted by molar-refractivity contribution is -0.335. The van der Waals surface area contributed by atoms with E-state index in [1.54, 1.807) is 0 Å². The van der Waals surface area contributed by atoms with Crippen LogP contribution in [0.2, 0.25) is 0 Å². The number of ether oxygens (including phenoxy) is 2. The van der Waals surface area contributed by atoms with Gasteiger partial charge in [0, 0.05) is 23.8 Å². The van der Waals surface area contributed by atoms with E-state index in [1.165, 1.54) is 0 Å². The molecular weight excluding hydrogens is 248 g/mol. The highest BCUT2D eigenvalue weighted by atomic mass is 16.5. The fourth-order valence-corrected chi connectivity index (χ4v) is 2.19. The number of carboxylic acids is 2. The maximum absolute atomic E-state index is 11.3. The van der Waals surface area contributed by atoms with Gasteiger partial charge in [-0.2, -0.15) is 0 Å². The summed E-state index contributed by atoms with van der Waals surface area (Å²) in [6.07, 6.45) is 0. The van der Waals surface area contributed by atoms with Crippen molar-refractivity contribution in [2.24, 2.45) is 23.7 Å². The smallest absolute Gasteiger partial charge is 0.310 e. The third kappa shape index (κ3) is 2.01. The molecule has 1 rings (SSSR count). The number of hydrogen-bond acceptors (Lipinski definition) is 8. The summed E-state index contributed by atoms with van der Waals surface area (Å²) in [5, 5.41) is 21.7. The molecule has 0 aromatic heterocycles. The Kier molecular flexibility index (Phi) is 3.89. The first-order valence-corrected chi connectivity index (χ1v) is 4.94. The average Bonchev–Trinajstić information content (AvgIpc) is 2.25. The topological polar surface area (TPSA) is 133 Å². The molecule has 0 aromatic carbocycles. The molecule has 0 N–H and O–H groups in total. The van der Waals surface area contributed by atoms with Crippen molar-refractivity contribution < 1.29 is 38.9 Å². The monoisotopic (exact) mass is 258 g/mol. The number of rotatable bonds is 4. The Bertz CT molecular complexity index is 355. The highest BCUT2D eigenvalue weighted by Gasteiger charge is 2.59. The molecule has 8 heteroatoms. The Labute approximate surface area is 101 Å². The maximum atomic E-state index is 11.3. The SMILES string of the molecule is COC(=O)C1C(C(=O)[O-])C(C(=O)OC)C1C(=O)[O-]. The zero-order valence-electron chi connectivity index (χ0n) is 9.58. The summed E-state index contributed by atoms with van der Waals surface area (Å²) in [5.74, 6) is -11.7. The lowest BCUT2D eigenvalue weighted by atomic mass is 9.56. The molecule has 0 spiro atoms. The van der Waals surface area contributed by atoms with E-state index in [1.807, 2.05) is 0 Å². The second-order valence-corrected chi connectivity index (χ2v) is 3.79. The van der Waals surface area contributed by atoms with Crippen LogP contribution in [-0.4, -0.2) is 38.1 Å². The third-order valence-corrected chi connectivity index (χ3v) is 3.04. The van der Waals surface area contributed by atoms with Crippen LogP contribution in [0, 0.1) is 23.7 Å². The van der Waals surface area contributed by atoms with Crippen LogP contribution < -0.4 is 10.2 Å². The van der Waals surface area contributed by atoms with Crippen LogP contribution in [0.3, 0.4) is 0 Å². The van der Waals surface area contributed by atoms with Crippen molar-refractivity contribution >= 4 is 23.9 Å². The molecule has 100 valence electrons. The molecule has 0 heterocycles. The molecular formula is C10H10O8-2. The van der Waals surface area contributed by atoms with E-state index in [9.17, 15) is 29.4 Å². The summed E-state index contributed by atoms with van der Waals surface area (Å²) in [6.45, 7) is 0. The van der Waals surface area contributed by atoms with E-state index in [0.717, 1.165) is 14.2 Å². The van der Waals surface area contributed by atoms with Crippen LogP contribution in [0.15, 0.2) is 0 Å². The van der Waals surface area contributed by atoms with Crippen LogP contribution >= 0.6 is 0 Å². The molecule has 0 aliphatic heterocycles. The van der Waals surface area contributed by atoms with Crippen molar-refractivity contribution in [3.05, 3.63) is 0 Å². The molecule has 0 atom stereocenters. The van der Waals surface area contributed by atoms with Gasteiger partial charge in [0.05, 0.1) is 26.1 Å². The van der Waals surface area contributed by atoms with Crippen LogP contribution in [0.25, 0.3) is 0 Å². The fourth-order valence-electron chi connectivity index (χ4n) is 2.19. The predicted octanol–water partition coefficient (Wildman–Crippen LogP) is -3.69. The molecule has 1 fully saturated rings. The van der Waals surface area contributed by atoms with Gasteiger partial charge in [0.1, 0.15) is 0 Å². The first-order chi connectivity index (χ1) is 8.36. The Morgan fingerprint density at radius 2 is 1.00 bits per heavy atom. The summed E-state index contributed by atoms with van der Waals surface area (Å²) in [7, 11) is 1.96. The van der Waals surface area contributed by atoms with E-state index in [4.69, 9.17) is 0 Å².